The van der Waals surface area contributed by atoms with Gasteiger partial charge >= 0.3 is 0 Å². The standard InChI is InChI=1S/C13H12F2N2S/c1-2-3-10-12(16-7-17-13(10)18)9-5-4-8(14)6-11(9)15/h4-7H,2-3H2,1H3,(H,16,17,18). The molecular formula is C13H12F2N2S. The molecule has 5 heteroatoms. The maximum Gasteiger partial charge on any atom is 0.135 e. The molecule has 0 atom stereocenters. The Kier molecular flexibility index (Phi) is 3.81. The molecule has 1 heterocycles. The van der Waals surface area contributed by atoms with Gasteiger partial charge in [0.15, 0.2) is 0 Å². The van der Waals surface area contributed by atoms with E-state index < -0.39 is 11.6 Å². The Hall–Kier alpha value is -1.62. The zero-order valence-electron chi connectivity index (χ0n) is 9.84. The van der Waals surface area contributed by atoms with E-state index in [0.29, 0.717) is 22.3 Å². The van der Waals surface area contributed by atoms with E-state index >= 15 is 0 Å². The zero-order chi connectivity index (χ0) is 13.1. The molecule has 2 nitrogen and oxygen atoms in total. The summed E-state index contributed by atoms with van der Waals surface area (Å²) in [5.41, 5.74) is 1.68. The fourth-order valence-corrected chi connectivity index (χ4v) is 2.10. The van der Waals surface area contributed by atoms with E-state index in [0.717, 1.165) is 18.1 Å². The highest BCUT2D eigenvalue weighted by Crippen LogP contribution is 2.25. The molecule has 1 N–H and O–H groups in total. The van der Waals surface area contributed by atoms with Crippen LogP contribution in [0.5, 0.6) is 0 Å². The van der Waals surface area contributed by atoms with E-state index in [1.807, 2.05) is 6.92 Å². The maximum absolute atomic E-state index is 13.8. The minimum Gasteiger partial charge on any atom is -0.345 e. The van der Waals surface area contributed by atoms with Gasteiger partial charge in [0.1, 0.15) is 16.3 Å². The van der Waals surface area contributed by atoms with Gasteiger partial charge in [0.05, 0.1) is 12.0 Å². The second-order valence-corrected chi connectivity index (χ2v) is 4.32. The first kappa shape index (κ1) is 12.8. The molecule has 0 aliphatic carbocycles. The highest BCUT2D eigenvalue weighted by atomic mass is 32.1. The summed E-state index contributed by atoms with van der Waals surface area (Å²) < 4.78 is 27.1. The van der Waals surface area contributed by atoms with Gasteiger partial charge in [-0.2, -0.15) is 0 Å². The third kappa shape index (κ3) is 2.46. The number of H-pyrrole nitrogens is 1. The van der Waals surface area contributed by atoms with Crippen molar-refractivity contribution in [1.29, 1.82) is 0 Å². The van der Waals surface area contributed by atoms with Crippen LogP contribution in [0.4, 0.5) is 8.78 Å². The van der Waals surface area contributed by atoms with E-state index in [4.69, 9.17) is 12.2 Å². The van der Waals surface area contributed by atoms with Crippen LogP contribution in [0.1, 0.15) is 18.9 Å². The fraction of sp³-hybridized carbons (Fsp3) is 0.231. The molecule has 2 rings (SSSR count). The number of benzene rings is 1. The quantitative estimate of drug-likeness (QED) is 0.849. The third-order valence-corrected chi connectivity index (χ3v) is 3.00. The maximum atomic E-state index is 13.8. The van der Waals surface area contributed by atoms with Crippen LogP contribution >= 0.6 is 12.2 Å². The van der Waals surface area contributed by atoms with Gasteiger partial charge in [0, 0.05) is 17.2 Å². The van der Waals surface area contributed by atoms with Crippen molar-refractivity contribution >= 4 is 12.2 Å². The molecule has 1 aromatic heterocycles. The van der Waals surface area contributed by atoms with Crippen molar-refractivity contribution in [1.82, 2.24) is 9.97 Å². The molecule has 0 bridgehead atoms. The summed E-state index contributed by atoms with van der Waals surface area (Å²) >= 11 is 5.15. The summed E-state index contributed by atoms with van der Waals surface area (Å²) in [5.74, 6) is -1.20. The lowest BCUT2D eigenvalue weighted by molar-refractivity contribution is 0.585. The van der Waals surface area contributed by atoms with E-state index in [-0.39, 0.29) is 0 Å². The molecule has 0 spiro atoms. The van der Waals surface area contributed by atoms with Crippen molar-refractivity contribution < 1.29 is 8.78 Å². The third-order valence-electron chi connectivity index (χ3n) is 2.65. The second-order valence-electron chi connectivity index (χ2n) is 3.94. The molecular weight excluding hydrogens is 254 g/mol. The summed E-state index contributed by atoms with van der Waals surface area (Å²) in [5, 5.41) is 0. The van der Waals surface area contributed by atoms with Crippen molar-refractivity contribution in [2.45, 2.75) is 19.8 Å². The lowest BCUT2D eigenvalue weighted by Gasteiger charge is -2.09. The average Bonchev–Trinajstić information content (AvgIpc) is 2.32. The van der Waals surface area contributed by atoms with Crippen LogP contribution in [0.2, 0.25) is 0 Å². The summed E-state index contributed by atoms with van der Waals surface area (Å²) in [6, 6.07) is 3.50. The Bertz CT molecular complexity index is 623. The average molecular weight is 266 g/mol. The van der Waals surface area contributed by atoms with Crippen LogP contribution in [-0.2, 0) is 6.42 Å². The Balaban J connectivity index is 2.63. The van der Waals surface area contributed by atoms with Gasteiger partial charge in [-0.15, -0.1) is 0 Å². The number of nitrogens with zero attached hydrogens (tertiary/aromatic N) is 1. The number of hydrogen-bond donors (Lipinski definition) is 1. The number of aromatic amines is 1. The molecule has 0 radical (unpaired) electrons. The second kappa shape index (κ2) is 5.35. The highest BCUT2D eigenvalue weighted by Gasteiger charge is 2.12. The van der Waals surface area contributed by atoms with Gasteiger partial charge in [-0.3, -0.25) is 0 Å². The highest BCUT2D eigenvalue weighted by molar-refractivity contribution is 7.71. The molecule has 0 aliphatic rings. The topological polar surface area (TPSA) is 28.7 Å². The minimum absolute atomic E-state index is 0.313. The molecule has 94 valence electrons. The Morgan fingerprint density at radius 3 is 2.78 bits per heavy atom. The largest absolute Gasteiger partial charge is 0.345 e. The number of nitrogens with one attached hydrogen (secondary N) is 1. The van der Waals surface area contributed by atoms with Gasteiger partial charge in [-0.05, 0) is 18.6 Å². The molecule has 0 fully saturated rings. The SMILES string of the molecule is CCCc1c(-c2ccc(F)cc2F)[nH]cnc1=S. The smallest absolute Gasteiger partial charge is 0.135 e. The number of hydrogen-bond acceptors (Lipinski definition) is 2. The number of rotatable bonds is 3. The van der Waals surface area contributed by atoms with Crippen LogP contribution < -0.4 is 0 Å². The molecule has 1 aromatic carbocycles. The molecule has 0 amide bonds. The zero-order valence-corrected chi connectivity index (χ0v) is 10.7. The monoisotopic (exact) mass is 266 g/mol. The van der Waals surface area contributed by atoms with E-state index in [9.17, 15) is 8.78 Å². The number of aromatic nitrogens is 2. The van der Waals surface area contributed by atoms with Gasteiger partial charge < -0.3 is 4.98 Å². The summed E-state index contributed by atoms with van der Waals surface area (Å²) in [7, 11) is 0. The van der Waals surface area contributed by atoms with Gasteiger partial charge in [-0.1, -0.05) is 25.6 Å². The van der Waals surface area contributed by atoms with Crippen LogP contribution in [0.15, 0.2) is 24.5 Å². The first-order chi connectivity index (χ1) is 8.63. The first-order valence-electron chi connectivity index (χ1n) is 5.65. The normalized spacial score (nSPS) is 10.6. The van der Waals surface area contributed by atoms with Gasteiger partial charge in [0.25, 0.3) is 0 Å². The number of halogens is 2. The Labute approximate surface area is 109 Å². The van der Waals surface area contributed by atoms with E-state index in [2.05, 4.69) is 9.97 Å². The molecule has 0 unspecified atom stereocenters. The van der Waals surface area contributed by atoms with Crippen LogP contribution in [0, 0.1) is 16.3 Å². The Morgan fingerprint density at radius 1 is 1.33 bits per heavy atom. The first-order valence-corrected chi connectivity index (χ1v) is 6.06. The van der Waals surface area contributed by atoms with Crippen LogP contribution in [-0.4, -0.2) is 9.97 Å². The van der Waals surface area contributed by atoms with Crippen molar-refractivity contribution in [2.75, 3.05) is 0 Å². The van der Waals surface area contributed by atoms with E-state index in [1.54, 1.807) is 0 Å². The van der Waals surface area contributed by atoms with Crippen molar-refractivity contribution in [3.05, 3.63) is 46.4 Å². The predicted molar refractivity (Wildman–Crippen MR) is 68.8 cm³/mol. The lowest BCUT2D eigenvalue weighted by Crippen LogP contribution is -1.98. The van der Waals surface area contributed by atoms with Crippen LogP contribution in [0.25, 0.3) is 11.3 Å². The predicted octanol–water partition coefficient (Wildman–Crippen LogP) is 4.04. The Morgan fingerprint density at radius 2 is 2.11 bits per heavy atom. The summed E-state index contributed by atoms with van der Waals surface area (Å²) in [6.45, 7) is 2.01. The summed E-state index contributed by atoms with van der Waals surface area (Å²) in [4.78, 5) is 6.89. The van der Waals surface area contributed by atoms with Crippen molar-refractivity contribution in [3.8, 4) is 11.3 Å². The van der Waals surface area contributed by atoms with Crippen LogP contribution in [0.3, 0.4) is 0 Å². The molecule has 0 aliphatic heterocycles. The van der Waals surface area contributed by atoms with Gasteiger partial charge in [0.2, 0.25) is 0 Å². The van der Waals surface area contributed by atoms with E-state index in [1.165, 1.54) is 18.5 Å². The van der Waals surface area contributed by atoms with Gasteiger partial charge in [-0.25, -0.2) is 13.8 Å². The fourth-order valence-electron chi connectivity index (χ4n) is 1.84. The molecule has 0 saturated heterocycles. The molecule has 2 aromatic rings. The minimum atomic E-state index is -0.607. The van der Waals surface area contributed by atoms with Crippen molar-refractivity contribution in [2.24, 2.45) is 0 Å². The molecule has 18 heavy (non-hydrogen) atoms. The summed E-state index contributed by atoms with van der Waals surface area (Å²) in [6.07, 6.45) is 3.01. The van der Waals surface area contributed by atoms with Crippen molar-refractivity contribution in [3.63, 3.8) is 0 Å². The lowest BCUT2D eigenvalue weighted by atomic mass is 10.0. The molecule has 0 saturated carbocycles.